The number of rotatable bonds is 9. The van der Waals surface area contributed by atoms with Crippen molar-refractivity contribution < 1.29 is 38.4 Å². The van der Waals surface area contributed by atoms with E-state index < -0.39 is 29.9 Å². The van der Waals surface area contributed by atoms with Crippen LogP contribution in [0.1, 0.15) is 39.6 Å². The first kappa shape index (κ1) is 22.9. The van der Waals surface area contributed by atoms with E-state index in [-0.39, 0.29) is 40.5 Å². The van der Waals surface area contributed by atoms with Crippen LogP contribution in [-0.2, 0) is 10.5 Å². The van der Waals surface area contributed by atoms with Crippen LogP contribution in [0.25, 0.3) is 0 Å². The number of nitrogens with two attached hydrogens (primary N) is 1. The van der Waals surface area contributed by atoms with Crippen LogP contribution < -0.4 is 24.7 Å². The van der Waals surface area contributed by atoms with Gasteiger partial charge in [0.1, 0.15) is 0 Å². The molecule has 0 bridgehead atoms. The number of methoxy groups -OCH3 is 3. The summed E-state index contributed by atoms with van der Waals surface area (Å²) in [4.78, 5) is 39.1. The molecule has 1 aliphatic heterocycles. The highest BCUT2D eigenvalue weighted by atomic mass is 16.5. The van der Waals surface area contributed by atoms with Crippen LogP contribution in [-0.4, -0.2) is 55.7 Å². The van der Waals surface area contributed by atoms with Gasteiger partial charge >= 0.3 is 0 Å². The van der Waals surface area contributed by atoms with Crippen molar-refractivity contribution in [2.45, 2.75) is 19.1 Å². The molecule has 2 aromatic rings. The van der Waals surface area contributed by atoms with Crippen molar-refractivity contribution in [3.05, 3.63) is 47.0 Å². The molecule has 10 heteroatoms. The lowest BCUT2D eigenvalue weighted by atomic mass is 9.96. The smallest absolute Gasteiger partial charge is 0.268 e. The summed E-state index contributed by atoms with van der Waals surface area (Å²) in [5, 5.41) is 11.6. The van der Waals surface area contributed by atoms with Gasteiger partial charge in [-0.2, -0.15) is 0 Å². The van der Waals surface area contributed by atoms with Crippen molar-refractivity contribution in [1.82, 2.24) is 4.90 Å². The van der Waals surface area contributed by atoms with Gasteiger partial charge in [-0.25, -0.2) is 4.90 Å². The Morgan fingerprint density at radius 3 is 2.22 bits per heavy atom. The van der Waals surface area contributed by atoms with Crippen molar-refractivity contribution in [2.24, 2.45) is 5.73 Å². The number of benzene rings is 2. The van der Waals surface area contributed by atoms with Gasteiger partial charge in [-0.05, 0) is 31.2 Å². The van der Waals surface area contributed by atoms with Crippen LogP contribution in [0.5, 0.6) is 23.0 Å². The van der Waals surface area contributed by atoms with E-state index in [4.69, 9.17) is 24.7 Å². The van der Waals surface area contributed by atoms with Crippen LogP contribution in [0.15, 0.2) is 30.3 Å². The summed E-state index contributed by atoms with van der Waals surface area (Å²) >= 11 is 0. The second-order valence-corrected chi connectivity index (χ2v) is 6.93. The fraction of sp³-hybridized carbons (Fsp3) is 0.318. The molecule has 10 nitrogen and oxygen atoms in total. The van der Waals surface area contributed by atoms with E-state index >= 15 is 0 Å². The zero-order chi connectivity index (χ0) is 23.6. The first-order chi connectivity index (χ1) is 15.2. The molecule has 1 unspecified atom stereocenters. The number of carbonyl (C=O) groups is 3. The Labute approximate surface area is 184 Å². The summed E-state index contributed by atoms with van der Waals surface area (Å²) in [5.41, 5.74) is 2.94. The lowest BCUT2D eigenvalue weighted by Crippen LogP contribution is -2.51. The first-order valence-electron chi connectivity index (χ1n) is 9.69. The van der Waals surface area contributed by atoms with Gasteiger partial charge in [-0.15, -0.1) is 0 Å². The number of nitrogens with zero attached hydrogens (tertiary/aromatic N) is 1. The highest BCUT2D eigenvalue weighted by Crippen LogP contribution is 2.44. The zero-order valence-electron chi connectivity index (χ0n) is 18.1. The highest BCUT2D eigenvalue weighted by Gasteiger charge is 2.52. The summed E-state index contributed by atoms with van der Waals surface area (Å²) in [6, 6.07) is 7.17. The summed E-state index contributed by atoms with van der Waals surface area (Å²) in [6.07, 6.45) is -0.740. The Bertz CT molecular complexity index is 1080. The molecule has 0 saturated heterocycles. The van der Waals surface area contributed by atoms with E-state index in [9.17, 15) is 19.5 Å². The van der Waals surface area contributed by atoms with Gasteiger partial charge in [-0.1, -0.05) is 6.07 Å². The van der Waals surface area contributed by atoms with Crippen molar-refractivity contribution in [2.75, 3.05) is 27.9 Å². The maximum atomic E-state index is 13.4. The van der Waals surface area contributed by atoms with E-state index in [1.54, 1.807) is 6.92 Å². The Morgan fingerprint density at radius 2 is 1.66 bits per heavy atom. The molecule has 2 aromatic carbocycles. The lowest BCUT2D eigenvalue weighted by Gasteiger charge is -2.35. The molecule has 170 valence electrons. The van der Waals surface area contributed by atoms with Gasteiger partial charge in [0.05, 0.1) is 45.5 Å². The summed E-state index contributed by atoms with van der Waals surface area (Å²) in [5.74, 6) is -1.71. The predicted octanol–water partition coefficient (Wildman–Crippen LogP) is 1.43. The Hall–Kier alpha value is -3.79. The van der Waals surface area contributed by atoms with E-state index in [0.29, 0.717) is 10.6 Å². The van der Waals surface area contributed by atoms with Crippen LogP contribution in [0, 0.1) is 0 Å². The van der Waals surface area contributed by atoms with Crippen LogP contribution in [0.4, 0.5) is 0 Å². The number of primary amides is 1. The fourth-order valence-corrected chi connectivity index (χ4v) is 3.73. The van der Waals surface area contributed by atoms with Gasteiger partial charge in [0, 0.05) is 5.56 Å². The third-order valence-corrected chi connectivity index (χ3v) is 5.11. The molecule has 0 fully saturated rings. The minimum atomic E-state index is -2.39. The number of aliphatic hydroxyl groups is 1. The standard InChI is InChI=1S/C22H24N2O8/c1-5-32-16-10-12(6-8-14(16)29-2)22(28,11-17(23)25)24-20(26)13-7-9-15(30-3)19(31-4)18(13)21(24)27/h6-10,28H,5,11H2,1-4H3,(H2,23,25). The normalized spacial score (nSPS) is 14.6. The average molecular weight is 444 g/mol. The molecule has 0 spiro atoms. The molecule has 0 aromatic heterocycles. The van der Waals surface area contributed by atoms with Gasteiger partial charge in [0.25, 0.3) is 11.8 Å². The SMILES string of the molecule is CCOc1cc(C(O)(CC(N)=O)N2C(=O)c3ccc(OC)c(OC)c3C2=O)ccc1OC. The molecule has 3 rings (SSSR count). The molecular weight excluding hydrogens is 420 g/mol. The molecule has 3 N–H and O–H groups in total. The maximum Gasteiger partial charge on any atom is 0.268 e. The summed E-state index contributed by atoms with van der Waals surface area (Å²) in [7, 11) is 4.16. The monoisotopic (exact) mass is 444 g/mol. The minimum Gasteiger partial charge on any atom is -0.493 e. The second-order valence-electron chi connectivity index (χ2n) is 6.93. The number of hydrogen-bond acceptors (Lipinski definition) is 8. The van der Waals surface area contributed by atoms with Gasteiger partial charge < -0.3 is 29.8 Å². The zero-order valence-corrected chi connectivity index (χ0v) is 18.1. The topological polar surface area (TPSA) is 138 Å². The fourth-order valence-electron chi connectivity index (χ4n) is 3.73. The Balaban J connectivity index is 2.20. The second kappa shape index (κ2) is 8.75. The molecule has 1 heterocycles. The van der Waals surface area contributed by atoms with Crippen LogP contribution in [0.3, 0.4) is 0 Å². The van der Waals surface area contributed by atoms with Crippen LogP contribution in [0.2, 0.25) is 0 Å². The maximum absolute atomic E-state index is 13.4. The van der Waals surface area contributed by atoms with Crippen molar-refractivity contribution in [3.63, 3.8) is 0 Å². The number of imide groups is 1. The van der Waals surface area contributed by atoms with Gasteiger partial charge in [-0.3, -0.25) is 14.4 Å². The van der Waals surface area contributed by atoms with Gasteiger partial charge in [0.15, 0.2) is 28.7 Å². The number of carbonyl (C=O) groups excluding carboxylic acids is 3. The number of fused-ring (bicyclic) bond motifs is 1. The molecule has 0 aliphatic carbocycles. The van der Waals surface area contributed by atoms with E-state index in [2.05, 4.69) is 0 Å². The highest BCUT2D eigenvalue weighted by molar-refractivity contribution is 6.23. The van der Waals surface area contributed by atoms with Crippen molar-refractivity contribution in [1.29, 1.82) is 0 Å². The molecule has 0 radical (unpaired) electrons. The third kappa shape index (κ3) is 3.58. The molecule has 32 heavy (non-hydrogen) atoms. The lowest BCUT2D eigenvalue weighted by molar-refractivity contribution is -0.131. The molecule has 0 saturated carbocycles. The molecule has 3 amide bonds. The first-order valence-corrected chi connectivity index (χ1v) is 9.69. The minimum absolute atomic E-state index is 0.00547. The quantitative estimate of drug-likeness (QED) is 0.554. The predicted molar refractivity (Wildman–Crippen MR) is 112 cm³/mol. The van der Waals surface area contributed by atoms with Crippen molar-refractivity contribution >= 4 is 17.7 Å². The Morgan fingerprint density at radius 1 is 1.00 bits per heavy atom. The number of hydrogen-bond donors (Lipinski definition) is 2. The number of ether oxygens (including phenoxy) is 4. The largest absolute Gasteiger partial charge is 0.493 e. The number of amides is 3. The molecular formula is C22H24N2O8. The van der Waals surface area contributed by atoms with Crippen LogP contribution >= 0.6 is 0 Å². The van der Waals surface area contributed by atoms with E-state index in [0.717, 1.165) is 0 Å². The van der Waals surface area contributed by atoms with Gasteiger partial charge in [0.2, 0.25) is 5.91 Å². The van der Waals surface area contributed by atoms with E-state index in [1.807, 2.05) is 0 Å². The Kier molecular flexibility index (Phi) is 6.26. The van der Waals surface area contributed by atoms with Crippen molar-refractivity contribution in [3.8, 4) is 23.0 Å². The summed E-state index contributed by atoms with van der Waals surface area (Å²) in [6.45, 7) is 2.05. The molecule has 1 atom stereocenters. The summed E-state index contributed by atoms with van der Waals surface area (Å²) < 4.78 is 21.3. The average Bonchev–Trinajstić information content (AvgIpc) is 3.03. The third-order valence-electron chi connectivity index (χ3n) is 5.11. The molecule has 1 aliphatic rings. The van der Waals surface area contributed by atoms with E-state index in [1.165, 1.54) is 51.7 Å².